The number of aromatic nitrogens is 2. The van der Waals surface area contributed by atoms with Crippen molar-refractivity contribution >= 4 is 34.0 Å². The Bertz CT molecular complexity index is 774. The zero-order valence-electron chi connectivity index (χ0n) is 12.1. The molecule has 1 aromatic carbocycles. The minimum Gasteiger partial charge on any atom is -0.331 e. The van der Waals surface area contributed by atoms with E-state index in [2.05, 4.69) is 16.4 Å². The molecule has 21 heavy (non-hydrogen) atoms. The summed E-state index contributed by atoms with van der Waals surface area (Å²) in [7, 11) is 1.99. The number of thiophene rings is 1. The van der Waals surface area contributed by atoms with E-state index >= 15 is 0 Å². The lowest BCUT2D eigenvalue weighted by atomic mass is 10.2. The molecule has 108 valence electrons. The van der Waals surface area contributed by atoms with Crippen LogP contribution in [-0.4, -0.2) is 15.5 Å². The summed E-state index contributed by atoms with van der Waals surface area (Å²) >= 11 is 1.68. The van der Waals surface area contributed by atoms with E-state index in [-0.39, 0.29) is 5.91 Å². The molecule has 2 aromatic heterocycles. The van der Waals surface area contributed by atoms with Gasteiger partial charge in [0.05, 0.1) is 11.0 Å². The van der Waals surface area contributed by atoms with E-state index in [0.29, 0.717) is 6.42 Å². The number of amides is 1. The van der Waals surface area contributed by atoms with E-state index in [1.807, 2.05) is 48.2 Å². The van der Waals surface area contributed by atoms with Gasteiger partial charge < -0.3 is 9.88 Å². The zero-order chi connectivity index (χ0) is 14.8. The van der Waals surface area contributed by atoms with E-state index in [4.69, 9.17) is 0 Å². The summed E-state index contributed by atoms with van der Waals surface area (Å²) in [6.07, 6.45) is 1.29. The number of imidazole rings is 1. The molecule has 0 bridgehead atoms. The van der Waals surface area contributed by atoms with E-state index in [9.17, 15) is 4.79 Å². The molecular weight excluding hydrogens is 282 g/mol. The summed E-state index contributed by atoms with van der Waals surface area (Å²) in [5, 5.41) is 4.97. The van der Waals surface area contributed by atoms with Crippen LogP contribution in [0.1, 0.15) is 17.1 Å². The molecular formula is C16H17N3OS. The van der Waals surface area contributed by atoms with Crippen molar-refractivity contribution < 1.29 is 4.79 Å². The molecule has 0 aliphatic carbocycles. The minimum absolute atomic E-state index is 0.0374. The summed E-state index contributed by atoms with van der Waals surface area (Å²) in [5.41, 5.74) is 2.78. The first-order valence-electron chi connectivity index (χ1n) is 6.89. The second-order valence-electron chi connectivity index (χ2n) is 5.05. The van der Waals surface area contributed by atoms with Crippen molar-refractivity contribution in [3.63, 3.8) is 0 Å². The van der Waals surface area contributed by atoms with Crippen LogP contribution in [0.25, 0.3) is 11.0 Å². The van der Waals surface area contributed by atoms with Gasteiger partial charge in [-0.1, -0.05) is 6.07 Å². The van der Waals surface area contributed by atoms with Crippen molar-refractivity contribution in [3.8, 4) is 0 Å². The predicted octanol–water partition coefficient (Wildman–Crippen LogP) is 3.51. The number of nitrogens with zero attached hydrogens (tertiary/aromatic N) is 2. The number of benzene rings is 1. The molecule has 0 atom stereocenters. The van der Waals surface area contributed by atoms with Crippen LogP contribution in [0.2, 0.25) is 0 Å². The monoisotopic (exact) mass is 299 g/mol. The standard InChI is InChI=1S/C16H17N3OS/c1-11-17-14-10-12(5-7-15(14)19(11)2)18-16(20)8-6-13-4-3-9-21-13/h3-5,7,9-10H,6,8H2,1-2H3,(H,18,20). The Kier molecular flexibility index (Phi) is 3.75. The third-order valence-corrected chi connectivity index (χ3v) is 4.50. The van der Waals surface area contributed by atoms with Gasteiger partial charge in [-0.05, 0) is 43.0 Å². The molecule has 0 radical (unpaired) electrons. The molecule has 0 saturated carbocycles. The van der Waals surface area contributed by atoms with Crippen LogP contribution in [-0.2, 0) is 18.3 Å². The number of anilines is 1. The Hall–Kier alpha value is -2.14. The molecule has 5 heteroatoms. The van der Waals surface area contributed by atoms with Crippen molar-refractivity contribution in [1.82, 2.24) is 9.55 Å². The van der Waals surface area contributed by atoms with Crippen LogP contribution < -0.4 is 5.32 Å². The minimum atomic E-state index is 0.0374. The smallest absolute Gasteiger partial charge is 0.224 e. The fourth-order valence-electron chi connectivity index (χ4n) is 2.31. The van der Waals surface area contributed by atoms with Gasteiger partial charge in [0, 0.05) is 24.0 Å². The van der Waals surface area contributed by atoms with Crippen LogP contribution in [0.5, 0.6) is 0 Å². The summed E-state index contributed by atoms with van der Waals surface area (Å²) < 4.78 is 2.04. The van der Waals surface area contributed by atoms with Crippen LogP contribution in [0, 0.1) is 6.92 Å². The summed E-state index contributed by atoms with van der Waals surface area (Å²) in [4.78, 5) is 17.7. The van der Waals surface area contributed by atoms with Crippen molar-refractivity contribution in [2.24, 2.45) is 7.05 Å². The summed E-state index contributed by atoms with van der Waals surface area (Å²) in [6, 6.07) is 9.90. The molecule has 3 rings (SSSR count). The van der Waals surface area contributed by atoms with E-state index in [1.165, 1.54) is 4.88 Å². The molecule has 2 heterocycles. The molecule has 1 amide bonds. The van der Waals surface area contributed by atoms with Gasteiger partial charge >= 0.3 is 0 Å². The number of carbonyl (C=O) groups is 1. The SMILES string of the molecule is Cc1nc2cc(NC(=O)CCc3cccs3)ccc2n1C. The van der Waals surface area contributed by atoms with Crippen molar-refractivity contribution in [3.05, 3.63) is 46.4 Å². The Morgan fingerprint density at radius 1 is 1.38 bits per heavy atom. The van der Waals surface area contributed by atoms with Gasteiger partial charge in [-0.15, -0.1) is 11.3 Å². The number of hydrogen-bond acceptors (Lipinski definition) is 3. The zero-order valence-corrected chi connectivity index (χ0v) is 12.9. The molecule has 0 unspecified atom stereocenters. The Morgan fingerprint density at radius 2 is 2.24 bits per heavy atom. The highest BCUT2D eigenvalue weighted by Gasteiger charge is 2.07. The lowest BCUT2D eigenvalue weighted by Gasteiger charge is -2.05. The molecule has 0 fully saturated rings. The lowest BCUT2D eigenvalue weighted by Crippen LogP contribution is -2.11. The number of fused-ring (bicyclic) bond motifs is 1. The highest BCUT2D eigenvalue weighted by atomic mass is 32.1. The Morgan fingerprint density at radius 3 is 3.00 bits per heavy atom. The number of aryl methyl sites for hydroxylation is 3. The summed E-state index contributed by atoms with van der Waals surface area (Å²) in [5.74, 6) is 1.00. The Labute approximate surface area is 127 Å². The topological polar surface area (TPSA) is 46.9 Å². The number of rotatable bonds is 4. The fraction of sp³-hybridized carbons (Fsp3) is 0.250. The second kappa shape index (κ2) is 5.69. The van der Waals surface area contributed by atoms with Crippen LogP contribution >= 0.6 is 11.3 Å². The average molecular weight is 299 g/mol. The highest BCUT2D eigenvalue weighted by molar-refractivity contribution is 7.09. The maximum Gasteiger partial charge on any atom is 0.224 e. The molecule has 4 nitrogen and oxygen atoms in total. The third-order valence-electron chi connectivity index (χ3n) is 3.57. The maximum atomic E-state index is 12.0. The van der Waals surface area contributed by atoms with Crippen LogP contribution in [0.15, 0.2) is 35.7 Å². The van der Waals surface area contributed by atoms with Crippen LogP contribution in [0.3, 0.4) is 0 Å². The largest absolute Gasteiger partial charge is 0.331 e. The number of nitrogens with one attached hydrogen (secondary N) is 1. The molecule has 0 spiro atoms. The fourth-order valence-corrected chi connectivity index (χ4v) is 3.02. The molecule has 0 aliphatic rings. The normalized spacial score (nSPS) is 11.0. The van der Waals surface area contributed by atoms with E-state index < -0.39 is 0 Å². The van der Waals surface area contributed by atoms with Gasteiger partial charge in [0.25, 0.3) is 0 Å². The molecule has 0 aliphatic heterocycles. The first kappa shape index (κ1) is 13.8. The first-order chi connectivity index (χ1) is 10.1. The van der Waals surface area contributed by atoms with Gasteiger partial charge in [-0.25, -0.2) is 4.98 Å². The highest BCUT2D eigenvalue weighted by Crippen LogP contribution is 2.19. The Balaban J connectivity index is 1.68. The maximum absolute atomic E-state index is 12.0. The third kappa shape index (κ3) is 2.97. The van der Waals surface area contributed by atoms with Gasteiger partial charge in [0.15, 0.2) is 0 Å². The van der Waals surface area contributed by atoms with Crippen molar-refractivity contribution in [2.75, 3.05) is 5.32 Å². The van der Waals surface area contributed by atoms with Gasteiger partial charge in [-0.2, -0.15) is 0 Å². The van der Waals surface area contributed by atoms with Gasteiger partial charge in [0.2, 0.25) is 5.91 Å². The van der Waals surface area contributed by atoms with Gasteiger partial charge in [-0.3, -0.25) is 4.79 Å². The summed E-state index contributed by atoms with van der Waals surface area (Å²) in [6.45, 7) is 1.97. The van der Waals surface area contributed by atoms with E-state index in [0.717, 1.165) is 29.0 Å². The second-order valence-corrected chi connectivity index (χ2v) is 6.08. The van der Waals surface area contributed by atoms with E-state index in [1.54, 1.807) is 11.3 Å². The van der Waals surface area contributed by atoms with Crippen molar-refractivity contribution in [2.45, 2.75) is 19.8 Å². The quantitative estimate of drug-likeness (QED) is 0.801. The molecule has 1 N–H and O–H groups in total. The number of hydrogen-bond donors (Lipinski definition) is 1. The first-order valence-corrected chi connectivity index (χ1v) is 7.77. The van der Waals surface area contributed by atoms with Crippen LogP contribution in [0.4, 0.5) is 5.69 Å². The van der Waals surface area contributed by atoms with Gasteiger partial charge in [0.1, 0.15) is 5.82 Å². The average Bonchev–Trinajstić information content (AvgIpc) is 3.06. The number of carbonyl (C=O) groups excluding carboxylic acids is 1. The molecule has 0 saturated heterocycles. The lowest BCUT2D eigenvalue weighted by molar-refractivity contribution is -0.116. The molecule has 3 aromatic rings. The predicted molar refractivity (Wildman–Crippen MR) is 86.7 cm³/mol. The van der Waals surface area contributed by atoms with Crippen molar-refractivity contribution in [1.29, 1.82) is 0 Å².